The normalized spacial score (nSPS) is 20.1. The molecule has 29 heavy (non-hydrogen) atoms. The van der Waals surface area contributed by atoms with Gasteiger partial charge in [-0.3, -0.25) is 9.79 Å². The molecule has 2 atom stereocenters. The third kappa shape index (κ3) is 5.23. The van der Waals surface area contributed by atoms with Crippen LogP contribution in [0.2, 0.25) is 0 Å². The number of halogens is 1. The lowest BCUT2D eigenvalue weighted by Gasteiger charge is -2.30. The van der Waals surface area contributed by atoms with Gasteiger partial charge in [-0.2, -0.15) is 9.61 Å². The zero-order valence-corrected chi connectivity index (χ0v) is 18.0. The standard InChI is InChI=1S/C20H26BrN7O/c1-13(6-5-9-23-2)11-24-18-10-17(27-20-15(21)12-25-28(18)20)26-16-8-4-3-7-14(16)19(22)29/h5-6,9-10,12,14,16,24H,2-4,7-8,11H2,1H3,(H2,22,29)(H,26,27)/b9-5-,13-6+/t14-,16+/m0/s1. The zero-order chi connectivity index (χ0) is 20.8. The highest BCUT2D eigenvalue weighted by Gasteiger charge is 2.29. The van der Waals surface area contributed by atoms with Crippen LogP contribution in [0.4, 0.5) is 11.6 Å². The molecule has 0 aliphatic heterocycles. The van der Waals surface area contributed by atoms with E-state index in [1.54, 1.807) is 16.9 Å². The SMILES string of the molecule is C=N/C=C\C=C(/C)CNc1cc(N[C@@H]2CCCC[C@@H]2C(N)=O)nc2c(Br)cnn12. The van der Waals surface area contributed by atoms with Gasteiger partial charge in [0, 0.05) is 24.9 Å². The van der Waals surface area contributed by atoms with E-state index < -0.39 is 0 Å². The Morgan fingerprint density at radius 2 is 2.28 bits per heavy atom. The molecule has 1 aliphatic carbocycles. The molecule has 2 aromatic heterocycles. The number of nitrogens with zero attached hydrogens (tertiary/aromatic N) is 4. The second-order valence-electron chi connectivity index (χ2n) is 7.19. The van der Waals surface area contributed by atoms with Crippen molar-refractivity contribution in [1.82, 2.24) is 14.6 Å². The Kier molecular flexibility index (Phi) is 7.03. The van der Waals surface area contributed by atoms with Crippen LogP contribution < -0.4 is 16.4 Å². The first-order chi connectivity index (χ1) is 14.0. The summed E-state index contributed by atoms with van der Waals surface area (Å²) in [6.07, 6.45) is 11.0. The summed E-state index contributed by atoms with van der Waals surface area (Å²) in [6, 6.07) is 1.90. The highest BCUT2D eigenvalue weighted by atomic mass is 79.9. The average Bonchev–Trinajstić information content (AvgIpc) is 3.07. The van der Waals surface area contributed by atoms with Crippen LogP contribution in [-0.2, 0) is 4.79 Å². The molecular weight excluding hydrogens is 434 g/mol. The van der Waals surface area contributed by atoms with Crippen LogP contribution in [0.1, 0.15) is 32.6 Å². The van der Waals surface area contributed by atoms with Crippen LogP contribution in [0.15, 0.2) is 45.7 Å². The Balaban J connectivity index is 1.84. The molecule has 9 heteroatoms. The second kappa shape index (κ2) is 9.69. The van der Waals surface area contributed by atoms with Gasteiger partial charge in [-0.25, -0.2) is 4.98 Å². The summed E-state index contributed by atoms with van der Waals surface area (Å²) in [4.78, 5) is 20.2. The van der Waals surface area contributed by atoms with Gasteiger partial charge in [0.25, 0.3) is 0 Å². The van der Waals surface area contributed by atoms with Gasteiger partial charge in [0.2, 0.25) is 5.91 Å². The first kappa shape index (κ1) is 21.0. The molecule has 1 saturated carbocycles. The van der Waals surface area contributed by atoms with E-state index in [2.05, 4.69) is 48.4 Å². The Hall–Kier alpha value is -2.68. The van der Waals surface area contributed by atoms with E-state index in [1.165, 1.54) is 0 Å². The minimum atomic E-state index is -0.255. The number of carbonyl (C=O) groups is 1. The maximum atomic E-state index is 11.8. The van der Waals surface area contributed by atoms with Crippen LogP contribution in [0, 0.1) is 5.92 Å². The predicted octanol–water partition coefficient (Wildman–Crippen LogP) is 3.52. The van der Waals surface area contributed by atoms with Gasteiger partial charge in [0.05, 0.1) is 16.6 Å². The topological polar surface area (TPSA) is 110 Å². The van der Waals surface area contributed by atoms with Crippen LogP contribution in [0.25, 0.3) is 5.65 Å². The van der Waals surface area contributed by atoms with Crippen molar-refractivity contribution in [1.29, 1.82) is 0 Å². The van der Waals surface area contributed by atoms with Crippen LogP contribution in [-0.4, -0.2) is 39.8 Å². The summed E-state index contributed by atoms with van der Waals surface area (Å²) in [5.74, 6) is 1.06. The highest BCUT2D eigenvalue weighted by molar-refractivity contribution is 9.10. The lowest BCUT2D eigenvalue weighted by Crippen LogP contribution is -2.40. The Labute approximate surface area is 178 Å². The molecule has 0 saturated heterocycles. The molecule has 2 aromatic rings. The van der Waals surface area contributed by atoms with Crippen molar-refractivity contribution in [2.75, 3.05) is 17.2 Å². The number of anilines is 2. The van der Waals surface area contributed by atoms with Crippen molar-refractivity contribution < 1.29 is 4.79 Å². The molecule has 3 rings (SSSR count). The molecule has 1 amide bonds. The number of nitrogens with two attached hydrogens (primary N) is 1. The highest BCUT2D eigenvalue weighted by Crippen LogP contribution is 2.29. The zero-order valence-electron chi connectivity index (χ0n) is 16.4. The fourth-order valence-corrected chi connectivity index (χ4v) is 3.88. The maximum absolute atomic E-state index is 11.8. The number of hydrogen-bond acceptors (Lipinski definition) is 6. The second-order valence-corrected chi connectivity index (χ2v) is 8.04. The Bertz CT molecular complexity index is 950. The van der Waals surface area contributed by atoms with Crippen molar-refractivity contribution >= 4 is 45.8 Å². The summed E-state index contributed by atoms with van der Waals surface area (Å²) >= 11 is 3.51. The number of nitrogens with one attached hydrogen (secondary N) is 2. The van der Waals surface area contributed by atoms with Crippen LogP contribution in [0.5, 0.6) is 0 Å². The molecule has 0 bridgehead atoms. The number of aliphatic imine (C=N–C) groups is 1. The van der Waals surface area contributed by atoms with E-state index in [0.29, 0.717) is 18.0 Å². The van der Waals surface area contributed by atoms with Crippen LogP contribution >= 0.6 is 15.9 Å². The van der Waals surface area contributed by atoms with Crippen LogP contribution in [0.3, 0.4) is 0 Å². The Morgan fingerprint density at radius 1 is 1.48 bits per heavy atom. The van der Waals surface area contributed by atoms with E-state index >= 15 is 0 Å². The van der Waals surface area contributed by atoms with Gasteiger partial charge in [-0.05, 0) is 48.5 Å². The van der Waals surface area contributed by atoms with Crippen molar-refractivity contribution in [2.24, 2.45) is 16.6 Å². The Morgan fingerprint density at radius 3 is 3.03 bits per heavy atom. The van der Waals surface area contributed by atoms with Crippen molar-refractivity contribution in [2.45, 2.75) is 38.6 Å². The molecule has 0 spiro atoms. The smallest absolute Gasteiger partial charge is 0.222 e. The molecule has 1 fully saturated rings. The molecule has 4 N–H and O–H groups in total. The van der Waals surface area contributed by atoms with Gasteiger partial charge in [0.15, 0.2) is 5.65 Å². The fourth-order valence-electron chi connectivity index (χ4n) is 3.53. The van der Waals surface area contributed by atoms with Crippen molar-refractivity contribution in [3.05, 3.63) is 40.7 Å². The quantitative estimate of drug-likeness (QED) is 0.413. The minimum absolute atomic E-state index is 0.0103. The number of hydrogen-bond donors (Lipinski definition) is 3. The van der Waals surface area contributed by atoms with E-state index in [9.17, 15) is 4.79 Å². The van der Waals surface area contributed by atoms with E-state index in [0.717, 1.165) is 41.5 Å². The molecule has 0 radical (unpaired) electrons. The summed E-state index contributed by atoms with van der Waals surface area (Å²) in [7, 11) is 0. The van der Waals surface area contributed by atoms with Crippen molar-refractivity contribution in [3.8, 4) is 0 Å². The lowest BCUT2D eigenvalue weighted by molar-refractivity contribution is -0.122. The van der Waals surface area contributed by atoms with E-state index in [-0.39, 0.29) is 17.9 Å². The van der Waals surface area contributed by atoms with Gasteiger partial charge < -0.3 is 16.4 Å². The van der Waals surface area contributed by atoms with Crippen molar-refractivity contribution in [3.63, 3.8) is 0 Å². The fraction of sp³-hybridized carbons (Fsp3) is 0.400. The number of aromatic nitrogens is 3. The van der Waals surface area contributed by atoms with Gasteiger partial charge in [-0.1, -0.05) is 24.5 Å². The van der Waals surface area contributed by atoms with Gasteiger partial charge >= 0.3 is 0 Å². The average molecular weight is 460 g/mol. The molecule has 0 aromatic carbocycles. The number of allylic oxidation sites excluding steroid dienone is 2. The summed E-state index contributed by atoms with van der Waals surface area (Å²) in [5, 5.41) is 11.2. The molecular formula is C20H26BrN7O. The lowest BCUT2D eigenvalue weighted by atomic mass is 9.84. The molecule has 0 unspecified atom stereocenters. The summed E-state index contributed by atoms with van der Waals surface area (Å²) in [6.45, 7) is 6.07. The number of carbonyl (C=O) groups excluding carboxylic acids is 1. The van der Waals surface area contributed by atoms with E-state index in [4.69, 9.17) is 5.73 Å². The number of rotatable bonds is 8. The third-order valence-electron chi connectivity index (χ3n) is 5.01. The molecule has 154 valence electrons. The number of amides is 1. The molecule has 1 aliphatic rings. The summed E-state index contributed by atoms with van der Waals surface area (Å²) < 4.78 is 2.54. The monoisotopic (exact) mass is 459 g/mol. The first-order valence-electron chi connectivity index (χ1n) is 9.61. The molecule has 8 nitrogen and oxygen atoms in total. The predicted molar refractivity (Wildman–Crippen MR) is 120 cm³/mol. The third-order valence-corrected chi connectivity index (χ3v) is 5.57. The number of primary amides is 1. The maximum Gasteiger partial charge on any atom is 0.222 e. The van der Waals surface area contributed by atoms with E-state index in [1.807, 2.05) is 25.1 Å². The number of fused-ring (bicyclic) bond motifs is 1. The largest absolute Gasteiger partial charge is 0.369 e. The summed E-state index contributed by atoms with van der Waals surface area (Å²) in [5.41, 5.74) is 7.43. The minimum Gasteiger partial charge on any atom is -0.369 e. The van der Waals surface area contributed by atoms with Gasteiger partial charge in [0.1, 0.15) is 11.6 Å². The first-order valence-corrected chi connectivity index (χ1v) is 10.4. The molecule has 2 heterocycles. The van der Waals surface area contributed by atoms with Gasteiger partial charge in [-0.15, -0.1) is 0 Å².